The van der Waals surface area contributed by atoms with Crippen molar-refractivity contribution in [1.82, 2.24) is 0 Å². The van der Waals surface area contributed by atoms with E-state index in [0.29, 0.717) is 12.8 Å². The number of aliphatic hydroxyl groups is 5. The van der Waals surface area contributed by atoms with E-state index in [4.69, 9.17) is 18.5 Å². The summed E-state index contributed by atoms with van der Waals surface area (Å²) in [6.07, 6.45) is 25.5. The van der Waals surface area contributed by atoms with Crippen LogP contribution in [0.2, 0.25) is 0 Å². The molecule has 0 heterocycles. The molecule has 1 aliphatic carbocycles. The lowest BCUT2D eigenvalue weighted by Gasteiger charge is -2.41. The van der Waals surface area contributed by atoms with Crippen molar-refractivity contribution in [2.45, 2.75) is 256 Å². The van der Waals surface area contributed by atoms with Crippen molar-refractivity contribution in [3.8, 4) is 0 Å². The van der Waals surface area contributed by atoms with Crippen molar-refractivity contribution < 1.29 is 63.1 Å². The Morgan fingerprint density at radius 3 is 1.27 bits per heavy atom. The summed E-state index contributed by atoms with van der Waals surface area (Å²) in [7, 11) is -5.11. The van der Waals surface area contributed by atoms with Crippen molar-refractivity contribution >= 4 is 19.8 Å². The summed E-state index contributed by atoms with van der Waals surface area (Å²) in [5.41, 5.74) is 0. The lowest BCUT2D eigenvalue weighted by atomic mass is 9.85. The molecule has 0 spiro atoms. The summed E-state index contributed by atoms with van der Waals surface area (Å²) in [5.74, 6) is -1.10. The first-order chi connectivity index (χ1) is 28.9. The minimum absolute atomic E-state index is 0.0910. The van der Waals surface area contributed by atoms with Gasteiger partial charge in [-0.25, -0.2) is 4.57 Å². The normalized spacial score (nSPS) is 22.2. The molecular formula is C46H87O13P. The van der Waals surface area contributed by atoms with Gasteiger partial charge in [0.25, 0.3) is 0 Å². The van der Waals surface area contributed by atoms with Gasteiger partial charge in [-0.2, -0.15) is 0 Å². The van der Waals surface area contributed by atoms with Crippen LogP contribution in [0.15, 0.2) is 12.2 Å². The number of carbonyl (C=O) groups excluding carboxylic acids is 2. The topological polar surface area (TPSA) is 210 Å². The van der Waals surface area contributed by atoms with Gasteiger partial charge in [0, 0.05) is 12.8 Å². The van der Waals surface area contributed by atoms with Crippen LogP contribution < -0.4 is 0 Å². The standard InChI is InChI=1S/C46H87O13P/c1-3-5-7-9-11-13-15-17-19-21-23-25-27-29-31-33-35-40(48)58-38(37-57-60(54,55)59-46-44(52)42(50)41(49)43(51)45(46)53)36-56-39(47)34-32-30-28-26-24-22-20-18-16-14-12-10-8-6-4-2/h19,21,38,41-46,49-53H,3-18,20,22-37H2,1-2H3,(H,54,55)/b21-19-. The molecule has 354 valence electrons. The molecule has 0 aromatic heterocycles. The number of esters is 2. The van der Waals surface area contributed by atoms with Gasteiger partial charge in [0.2, 0.25) is 0 Å². The summed E-state index contributed by atoms with van der Waals surface area (Å²) in [6.45, 7) is 3.31. The first kappa shape index (κ1) is 56.6. The van der Waals surface area contributed by atoms with Crippen molar-refractivity contribution in [3.05, 3.63) is 12.2 Å². The molecule has 1 fully saturated rings. The number of phosphoric acid groups is 1. The average Bonchev–Trinajstić information content (AvgIpc) is 3.23. The number of ether oxygens (including phenoxy) is 2. The molecule has 0 aromatic carbocycles. The third-order valence-corrected chi connectivity index (χ3v) is 12.3. The SMILES string of the molecule is CCCCCCCCC/C=C\CCCCCCCC(=O)OC(COC(=O)CCCCCCCCCCCCCCCCC)COP(=O)(O)OC1C(O)C(O)C(O)C(O)C1O. The maximum atomic E-state index is 12.8. The van der Waals surface area contributed by atoms with E-state index < -0.39 is 75.7 Å². The number of rotatable bonds is 40. The van der Waals surface area contributed by atoms with Crippen molar-refractivity contribution in [1.29, 1.82) is 0 Å². The van der Waals surface area contributed by atoms with Crippen LogP contribution in [-0.2, 0) is 32.7 Å². The molecule has 0 aliphatic heterocycles. The van der Waals surface area contributed by atoms with E-state index in [1.807, 2.05) is 0 Å². The Balaban J connectivity index is 2.44. The van der Waals surface area contributed by atoms with Gasteiger partial charge >= 0.3 is 19.8 Å². The highest BCUT2D eigenvalue weighted by Gasteiger charge is 2.51. The van der Waals surface area contributed by atoms with Crippen molar-refractivity contribution in [3.63, 3.8) is 0 Å². The molecule has 6 atom stereocenters. The molecule has 0 radical (unpaired) electrons. The second kappa shape index (κ2) is 37.0. The molecule has 14 heteroatoms. The van der Waals surface area contributed by atoms with Gasteiger partial charge < -0.3 is 39.9 Å². The summed E-state index contributed by atoms with van der Waals surface area (Å²) < 4.78 is 33.5. The monoisotopic (exact) mass is 879 g/mol. The van der Waals surface area contributed by atoms with Gasteiger partial charge in [-0.15, -0.1) is 0 Å². The van der Waals surface area contributed by atoms with Crippen LogP contribution in [0, 0.1) is 0 Å². The van der Waals surface area contributed by atoms with Gasteiger partial charge in [-0.3, -0.25) is 18.6 Å². The molecule has 0 saturated heterocycles. The fourth-order valence-electron chi connectivity index (χ4n) is 7.46. The van der Waals surface area contributed by atoms with Gasteiger partial charge in [0.1, 0.15) is 43.2 Å². The summed E-state index contributed by atoms with van der Waals surface area (Å²) in [4.78, 5) is 35.7. The number of phosphoric ester groups is 1. The van der Waals surface area contributed by atoms with Gasteiger partial charge in [0.15, 0.2) is 6.10 Å². The third kappa shape index (κ3) is 29.0. The van der Waals surface area contributed by atoms with Gasteiger partial charge in [0.05, 0.1) is 6.61 Å². The maximum absolute atomic E-state index is 12.8. The summed E-state index contributed by atoms with van der Waals surface area (Å²) in [5, 5.41) is 50.2. The van der Waals surface area contributed by atoms with Gasteiger partial charge in [-0.05, 0) is 38.5 Å². The first-order valence-electron chi connectivity index (χ1n) is 24.0. The smallest absolute Gasteiger partial charge is 0.462 e. The number of aliphatic hydroxyl groups excluding tert-OH is 5. The number of hydrogen-bond acceptors (Lipinski definition) is 12. The number of unbranched alkanes of at least 4 members (excludes halogenated alkanes) is 26. The summed E-state index contributed by atoms with van der Waals surface area (Å²) in [6, 6.07) is 0. The Bertz CT molecular complexity index is 1110. The van der Waals surface area contributed by atoms with Crippen LogP contribution in [0.25, 0.3) is 0 Å². The van der Waals surface area contributed by atoms with E-state index in [1.165, 1.54) is 116 Å². The van der Waals surface area contributed by atoms with E-state index in [-0.39, 0.29) is 12.8 Å². The van der Waals surface area contributed by atoms with Crippen LogP contribution in [0.5, 0.6) is 0 Å². The van der Waals surface area contributed by atoms with Crippen LogP contribution >= 0.6 is 7.82 Å². The van der Waals surface area contributed by atoms with Crippen LogP contribution in [-0.4, -0.2) is 98.3 Å². The molecule has 0 bridgehead atoms. The quantitative estimate of drug-likeness (QED) is 0.0147. The number of hydrogen-bond donors (Lipinski definition) is 6. The largest absolute Gasteiger partial charge is 0.472 e. The fraction of sp³-hybridized carbons (Fsp3) is 0.913. The van der Waals surface area contributed by atoms with E-state index in [1.54, 1.807) is 0 Å². The predicted octanol–water partition coefficient (Wildman–Crippen LogP) is 9.45. The van der Waals surface area contributed by atoms with Crippen LogP contribution in [0.4, 0.5) is 0 Å². The molecule has 13 nitrogen and oxygen atoms in total. The second-order valence-corrected chi connectivity index (χ2v) is 18.4. The van der Waals surface area contributed by atoms with E-state index in [9.17, 15) is 44.6 Å². The van der Waals surface area contributed by atoms with Crippen LogP contribution in [0.3, 0.4) is 0 Å². The summed E-state index contributed by atoms with van der Waals surface area (Å²) >= 11 is 0. The fourth-order valence-corrected chi connectivity index (χ4v) is 8.43. The Morgan fingerprint density at radius 2 is 0.850 bits per heavy atom. The molecule has 1 rings (SSSR count). The molecule has 0 amide bonds. The zero-order valence-electron chi connectivity index (χ0n) is 37.5. The molecule has 6 N–H and O–H groups in total. The molecule has 0 aromatic rings. The van der Waals surface area contributed by atoms with Gasteiger partial charge in [-0.1, -0.05) is 174 Å². The van der Waals surface area contributed by atoms with Crippen molar-refractivity contribution in [2.75, 3.05) is 13.2 Å². The van der Waals surface area contributed by atoms with E-state index in [0.717, 1.165) is 57.8 Å². The highest BCUT2D eigenvalue weighted by atomic mass is 31.2. The van der Waals surface area contributed by atoms with Crippen LogP contribution in [0.1, 0.15) is 213 Å². The molecule has 1 saturated carbocycles. The second-order valence-electron chi connectivity index (χ2n) is 17.0. The Kier molecular flexibility index (Phi) is 34.9. The molecule has 6 unspecified atom stereocenters. The lowest BCUT2D eigenvalue weighted by Crippen LogP contribution is -2.64. The Morgan fingerprint density at radius 1 is 0.500 bits per heavy atom. The van der Waals surface area contributed by atoms with E-state index >= 15 is 0 Å². The maximum Gasteiger partial charge on any atom is 0.472 e. The van der Waals surface area contributed by atoms with Crippen molar-refractivity contribution in [2.24, 2.45) is 0 Å². The third-order valence-electron chi connectivity index (χ3n) is 11.4. The number of carbonyl (C=O) groups is 2. The lowest BCUT2D eigenvalue weighted by molar-refractivity contribution is -0.220. The minimum Gasteiger partial charge on any atom is -0.462 e. The Hall–Kier alpha value is -1.41. The number of allylic oxidation sites excluding steroid dienone is 2. The minimum atomic E-state index is -5.11. The average molecular weight is 879 g/mol. The predicted molar refractivity (Wildman–Crippen MR) is 235 cm³/mol. The zero-order chi connectivity index (χ0) is 44.3. The Labute approximate surface area is 363 Å². The molecular weight excluding hydrogens is 791 g/mol. The zero-order valence-corrected chi connectivity index (χ0v) is 38.4. The molecule has 60 heavy (non-hydrogen) atoms. The van der Waals surface area contributed by atoms with E-state index in [2.05, 4.69) is 26.0 Å². The first-order valence-corrected chi connectivity index (χ1v) is 25.5. The molecule has 1 aliphatic rings. The highest BCUT2D eigenvalue weighted by Crippen LogP contribution is 2.47. The highest BCUT2D eigenvalue weighted by molar-refractivity contribution is 7.47.